The highest BCUT2D eigenvalue weighted by Gasteiger charge is 2.22. The molecule has 0 saturated carbocycles. The second-order valence-corrected chi connectivity index (χ2v) is 11.7. The Labute approximate surface area is 256 Å². The smallest absolute Gasteiger partial charge is 0.0711 e. The average Bonchev–Trinajstić information content (AvgIpc) is 3.03. The summed E-state index contributed by atoms with van der Waals surface area (Å²) in [6, 6.07) is 38.6. The molecule has 0 bridgehead atoms. The van der Waals surface area contributed by atoms with Crippen LogP contribution in [0.3, 0.4) is 0 Å². The summed E-state index contributed by atoms with van der Waals surface area (Å²) >= 11 is 0. The molecule has 4 aromatic carbocycles. The largest absolute Gasteiger partial charge is 0.253 e. The van der Waals surface area contributed by atoms with Crippen molar-refractivity contribution in [1.82, 2.24) is 19.9 Å². The normalized spacial score (nSPS) is 11.6. The van der Waals surface area contributed by atoms with Crippen molar-refractivity contribution in [1.29, 1.82) is 0 Å². The van der Waals surface area contributed by atoms with Gasteiger partial charge < -0.3 is 0 Å². The summed E-state index contributed by atoms with van der Waals surface area (Å²) in [4.78, 5) is 19.9. The van der Waals surface area contributed by atoms with Gasteiger partial charge in [0.1, 0.15) is 0 Å². The lowest BCUT2D eigenvalue weighted by molar-refractivity contribution is 1.20. The number of aryl methyl sites for hydroxylation is 4. The number of hydrogen-bond donors (Lipinski definition) is 0. The number of pyridine rings is 4. The summed E-state index contributed by atoms with van der Waals surface area (Å²) in [5, 5.41) is 7.11. The molecule has 0 saturated heterocycles. The minimum absolute atomic E-state index is 0.956. The van der Waals surface area contributed by atoms with Crippen molar-refractivity contribution in [3.05, 3.63) is 132 Å². The third-order valence-electron chi connectivity index (χ3n) is 8.56. The van der Waals surface area contributed by atoms with Gasteiger partial charge in [-0.2, -0.15) is 0 Å². The number of hydrogen-bond acceptors (Lipinski definition) is 4. The van der Waals surface area contributed by atoms with E-state index in [2.05, 4.69) is 84.9 Å². The second kappa shape index (κ2) is 10.1. The van der Waals surface area contributed by atoms with Gasteiger partial charge in [-0.3, -0.25) is 19.9 Å². The van der Waals surface area contributed by atoms with E-state index in [0.717, 1.165) is 67.8 Å². The molecule has 0 fully saturated rings. The lowest BCUT2D eigenvalue weighted by Crippen LogP contribution is -1.97. The molecule has 0 N–H and O–H groups in total. The highest BCUT2D eigenvalue weighted by atomic mass is 14.7. The third kappa shape index (κ3) is 4.22. The first-order valence-corrected chi connectivity index (χ1v) is 15.0. The Kier molecular flexibility index (Phi) is 5.98. The predicted molar refractivity (Wildman–Crippen MR) is 182 cm³/mol. The van der Waals surface area contributed by atoms with Crippen molar-refractivity contribution >= 4 is 32.3 Å². The third-order valence-corrected chi connectivity index (χ3v) is 8.56. The minimum atomic E-state index is 0.956. The Morgan fingerprint density at radius 1 is 0.318 bits per heavy atom. The van der Waals surface area contributed by atoms with Gasteiger partial charge in [-0.1, -0.05) is 48.5 Å². The maximum absolute atomic E-state index is 4.99. The number of nitrogens with zero attached hydrogens (tertiary/aromatic N) is 4. The van der Waals surface area contributed by atoms with Crippen LogP contribution in [0.5, 0.6) is 0 Å². The van der Waals surface area contributed by atoms with Crippen molar-refractivity contribution in [3.8, 4) is 45.0 Å². The quantitative estimate of drug-likeness (QED) is 0.199. The fourth-order valence-corrected chi connectivity index (χ4v) is 6.61. The molecule has 0 aliphatic rings. The summed E-state index contributed by atoms with van der Waals surface area (Å²) in [7, 11) is 0. The molecule has 0 aliphatic heterocycles. The first kappa shape index (κ1) is 26.2. The Morgan fingerprint density at radius 3 is 0.795 bits per heavy atom. The first-order valence-electron chi connectivity index (χ1n) is 15.0. The molecule has 8 aromatic rings. The van der Waals surface area contributed by atoms with E-state index in [1.165, 1.54) is 32.3 Å². The summed E-state index contributed by atoms with van der Waals surface area (Å²) in [5.74, 6) is 0. The van der Waals surface area contributed by atoms with Gasteiger partial charge in [0.2, 0.25) is 0 Å². The van der Waals surface area contributed by atoms with Crippen LogP contribution in [-0.2, 0) is 0 Å². The van der Waals surface area contributed by atoms with Gasteiger partial charge in [-0.05, 0) is 121 Å². The number of benzene rings is 4. The SMILES string of the molecule is Cc1cccc(-c2cc(-c3cccc(C)n3)c3ccc4c(-c5cccc(C)n5)cc(-c5cccc(C)n5)c5ccc2c3c54)n1. The van der Waals surface area contributed by atoms with Crippen LogP contribution in [0, 0.1) is 27.7 Å². The molecular formula is C40H30N4. The van der Waals surface area contributed by atoms with Crippen LogP contribution in [0.25, 0.3) is 77.3 Å². The van der Waals surface area contributed by atoms with Gasteiger partial charge in [0.15, 0.2) is 0 Å². The lowest BCUT2D eigenvalue weighted by Gasteiger charge is -2.21. The van der Waals surface area contributed by atoms with Crippen LogP contribution in [0.2, 0.25) is 0 Å². The summed E-state index contributed by atoms with van der Waals surface area (Å²) < 4.78 is 0. The lowest BCUT2D eigenvalue weighted by atomic mass is 9.84. The predicted octanol–water partition coefficient (Wildman–Crippen LogP) is 10.1. The fraction of sp³-hybridized carbons (Fsp3) is 0.100. The van der Waals surface area contributed by atoms with E-state index in [-0.39, 0.29) is 0 Å². The standard InChI is InChI=1S/C40H30N4/c1-23-9-5-13-35(41-23)31-21-32(36-14-6-10-24(2)42-36)28-19-20-30-34(38-16-8-12-26(4)44-38)22-33(37-15-7-11-25(3)43-37)29-18-17-27(31)39(28)40(29)30/h5-22H,1-4H3. The van der Waals surface area contributed by atoms with Gasteiger partial charge in [-0.25, -0.2) is 0 Å². The molecule has 0 unspecified atom stereocenters. The van der Waals surface area contributed by atoms with Crippen LogP contribution in [0.15, 0.2) is 109 Å². The maximum Gasteiger partial charge on any atom is 0.0711 e. The van der Waals surface area contributed by atoms with Gasteiger partial charge >= 0.3 is 0 Å². The van der Waals surface area contributed by atoms with E-state index in [1.54, 1.807) is 0 Å². The van der Waals surface area contributed by atoms with Crippen molar-refractivity contribution in [3.63, 3.8) is 0 Å². The van der Waals surface area contributed by atoms with Crippen LogP contribution in [0.4, 0.5) is 0 Å². The molecule has 0 aliphatic carbocycles. The molecule has 4 heteroatoms. The van der Waals surface area contributed by atoms with Crippen LogP contribution in [-0.4, -0.2) is 19.9 Å². The van der Waals surface area contributed by atoms with Crippen molar-refractivity contribution in [2.75, 3.05) is 0 Å². The van der Waals surface area contributed by atoms with Crippen LogP contribution in [0.1, 0.15) is 22.8 Å². The van der Waals surface area contributed by atoms with Gasteiger partial charge in [-0.15, -0.1) is 0 Å². The molecular weight excluding hydrogens is 536 g/mol. The van der Waals surface area contributed by atoms with Gasteiger partial charge in [0.05, 0.1) is 22.8 Å². The second-order valence-electron chi connectivity index (χ2n) is 11.7. The highest BCUT2D eigenvalue weighted by molar-refractivity contribution is 6.31. The monoisotopic (exact) mass is 566 g/mol. The first-order chi connectivity index (χ1) is 21.4. The molecule has 4 heterocycles. The number of aromatic nitrogens is 4. The molecule has 4 aromatic heterocycles. The fourth-order valence-electron chi connectivity index (χ4n) is 6.61. The molecule has 0 amide bonds. The van der Waals surface area contributed by atoms with E-state index < -0.39 is 0 Å². The maximum atomic E-state index is 4.99. The summed E-state index contributed by atoms with van der Waals surface area (Å²) in [6.07, 6.45) is 0. The van der Waals surface area contributed by atoms with Gasteiger partial charge in [0, 0.05) is 45.0 Å². The molecule has 0 radical (unpaired) electrons. The molecule has 4 nitrogen and oxygen atoms in total. The zero-order chi connectivity index (χ0) is 29.9. The minimum Gasteiger partial charge on any atom is -0.253 e. The van der Waals surface area contributed by atoms with Crippen molar-refractivity contribution < 1.29 is 0 Å². The van der Waals surface area contributed by atoms with E-state index in [1.807, 2.05) is 52.0 Å². The Balaban J connectivity index is 1.59. The Bertz CT molecular complexity index is 2060. The van der Waals surface area contributed by atoms with E-state index >= 15 is 0 Å². The zero-order valence-corrected chi connectivity index (χ0v) is 25.2. The van der Waals surface area contributed by atoms with Crippen LogP contribution >= 0.6 is 0 Å². The summed E-state index contributed by atoms with van der Waals surface area (Å²) in [5.41, 5.74) is 12.2. The molecule has 210 valence electrons. The molecule has 8 rings (SSSR count). The van der Waals surface area contributed by atoms with Crippen molar-refractivity contribution in [2.24, 2.45) is 0 Å². The van der Waals surface area contributed by atoms with E-state index in [0.29, 0.717) is 0 Å². The molecule has 44 heavy (non-hydrogen) atoms. The zero-order valence-electron chi connectivity index (χ0n) is 25.2. The highest BCUT2D eigenvalue weighted by Crippen LogP contribution is 2.47. The van der Waals surface area contributed by atoms with E-state index in [4.69, 9.17) is 19.9 Å². The van der Waals surface area contributed by atoms with Gasteiger partial charge in [0.25, 0.3) is 0 Å². The van der Waals surface area contributed by atoms with Crippen LogP contribution < -0.4 is 0 Å². The molecule has 0 atom stereocenters. The van der Waals surface area contributed by atoms with Crippen molar-refractivity contribution in [2.45, 2.75) is 27.7 Å². The Hall–Kier alpha value is -5.48. The topological polar surface area (TPSA) is 51.6 Å². The average molecular weight is 567 g/mol. The Morgan fingerprint density at radius 2 is 0.568 bits per heavy atom. The number of rotatable bonds is 4. The summed E-state index contributed by atoms with van der Waals surface area (Å²) in [6.45, 7) is 8.19. The molecule has 0 spiro atoms. The van der Waals surface area contributed by atoms with E-state index in [9.17, 15) is 0 Å².